The summed E-state index contributed by atoms with van der Waals surface area (Å²) in [6.45, 7) is 2.41. The van der Waals surface area contributed by atoms with E-state index < -0.39 is 5.91 Å². The van der Waals surface area contributed by atoms with Gasteiger partial charge in [-0.1, -0.05) is 0 Å². The van der Waals surface area contributed by atoms with E-state index in [9.17, 15) is 9.59 Å². The molecule has 3 N–H and O–H groups in total. The Morgan fingerprint density at radius 2 is 2.29 bits per heavy atom. The summed E-state index contributed by atoms with van der Waals surface area (Å²) in [5, 5.41) is 2.69. The highest BCUT2D eigenvalue weighted by atomic mass is 79.9. The molecule has 17 heavy (non-hydrogen) atoms. The number of nitrogens with one attached hydrogen (secondary N) is 1. The average Bonchev–Trinajstić information content (AvgIpc) is 2.58. The van der Waals surface area contributed by atoms with Crippen LogP contribution in [0.3, 0.4) is 0 Å². The number of amides is 2. The van der Waals surface area contributed by atoms with Crippen molar-refractivity contribution in [2.24, 2.45) is 5.73 Å². The fraction of sp³-hybridized carbons (Fsp3) is 0.400. The molecule has 1 aromatic heterocycles. The molecule has 0 spiro atoms. The second kappa shape index (κ2) is 6.73. The molecule has 1 heterocycles. The number of aryl methyl sites for hydroxylation is 1. The molecule has 0 aliphatic rings. The zero-order valence-corrected chi connectivity index (χ0v) is 11.7. The van der Waals surface area contributed by atoms with Gasteiger partial charge in [0.1, 0.15) is 6.61 Å². The Hall–Kier alpha value is -0.920. The van der Waals surface area contributed by atoms with Gasteiger partial charge in [-0.15, -0.1) is 11.3 Å². The van der Waals surface area contributed by atoms with E-state index in [0.717, 1.165) is 9.35 Å². The minimum Gasteiger partial charge on any atom is -0.370 e. The van der Waals surface area contributed by atoms with E-state index in [2.05, 4.69) is 21.2 Å². The molecule has 0 aliphatic carbocycles. The second-order valence-corrected chi connectivity index (χ2v) is 5.71. The van der Waals surface area contributed by atoms with Gasteiger partial charge in [-0.3, -0.25) is 9.59 Å². The summed E-state index contributed by atoms with van der Waals surface area (Å²) in [6, 6.07) is 1.81. The minimum atomic E-state index is -0.519. The smallest absolute Gasteiger partial charge is 0.261 e. The summed E-state index contributed by atoms with van der Waals surface area (Å²) in [7, 11) is 0. The van der Waals surface area contributed by atoms with Crippen LogP contribution < -0.4 is 11.1 Å². The average molecular weight is 321 g/mol. The van der Waals surface area contributed by atoms with Crippen LogP contribution in [0.4, 0.5) is 0 Å². The third kappa shape index (κ3) is 4.84. The number of hydrogen-bond acceptors (Lipinski definition) is 4. The minimum absolute atomic E-state index is 0.125. The zero-order chi connectivity index (χ0) is 12.8. The number of primary amides is 1. The van der Waals surface area contributed by atoms with Gasteiger partial charge in [-0.05, 0) is 34.5 Å². The first-order valence-electron chi connectivity index (χ1n) is 4.91. The first kappa shape index (κ1) is 14.1. The predicted octanol–water partition coefficient (Wildman–Crippen LogP) is 1.05. The molecule has 0 aromatic carbocycles. The van der Waals surface area contributed by atoms with E-state index in [1.807, 2.05) is 13.0 Å². The molecule has 0 saturated heterocycles. The van der Waals surface area contributed by atoms with E-state index >= 15 is 0 Å². The lowest BCUT2D eigenvalue weighted by molar-refractivity contribution is -0.122. The lowest BCUT2D eigenvalue weighted by atomic mass is 10.3. The van der Waals surface area contributed by atoms with Crippen LogP contribution in [0.1, 0.15) is 15.2 Å². The molecule has 0 saturated carbocycles. The van der Waals surface area contributed by atoms with Crippen molar-refractivity contribution in [1.82, 2.24) is 5.32 Å². The maximum Gasteiger partial charge on any atom is 0.261 e. The third-order valence-electron chi connectivity index (χ3n) is 1.86. The maximum atomic E-state index is 11.6. The number of nitrogens with two attached hydrogens (primary N) is 1. The highest BCUT2D eigenvalue weighted by molar-refractivity contribution is 9.11. The Labute approximate surface area is 111 Å². The van der Waals surface area contributed by atoms with Crippen LogP contribution in [0.2, 0.25) is 0 Å². The number of carbonyl (C=O) groups excluding carboxylic acids is 2. The van der Waals surface area contributed by atoms with Gasteiger partial charge in [0.25, 0.3) is 5.91 Å². The van der Waals surface area contributed by atoms with Gasteiger partial charge < -0.3 is 15.8 Å². The summed E-state index contributed by atoms with van der Waals surface area (Å²) in [4.78, 5) is 22.6. The monoisotopic (exact) mass is 320 g/mol. The molecular weight excluding hydrogens is 308 g/mol. The lowest BCUT2D eigenvalue weighted by Crippen LogP contribution is -2.28. The van der Waals surface area contributed by atoms with E-state index in [1.165, 1.54) is 11.3 Å². The molecule has 0 radical (unpaired) electrons. The summed E-state index contributed by atoms with van der Waals surface area (Å²) in [5.74, 6) is -0.666. The molecular formula is C10H13BrN2O3S. The molecule has 1 aromatic rings. The van der Waals surface area contributed by atoms with Gasteiger partial charge in [0, 0.05) is 6.54 Å². The van der Waals surface area contributed by atoms with Crippen LogP contribution in [0.5, 0.6) is 0 Å². The SMILES string of the molecule is Cc1cc(C(=O)NCCOCC(N)=O)sc1Br. The molecule has 0 fully saturated rings. The van der Waals surface area contributed by atoms with Gasteiger partial charge >= 0.3 is 0 Å². The third-order valence-corrected chi connectivity index (χ3v) is 3.99. The Morgan fingerprint density at radius 3 is 2.82 bits per heavy atom. The van der Waals surface area contributed by atoms with Crippen molar-refractivity contribution < 1.29 is 14.3 Å². The first-order valence-corrected chi connectivity index (χ1v) is 6.52. The zero-order valence-electron chi connectivity index (χ0n) is 9.29. The van der Waals surface area contributed by atoms with Gasteiger partial charge in [0.2, 0.25) is 5.91 Å². The number of ether oxygens (including phenoxy) is 1. The molecule has 94 valence electrons. The van der Waals surface area contributed by atoms with E-state index in [1.54, 1.807) is 0 Å². The van der Waals surface area contributed by atoms with Gasteiger partial charge in [0.15, 0.2) is 0 Å². The highest BCUT2D eigenvalue weighted by Crippen LogP contribution is 2.26. The summed E-state index contributed by atoms with van der Waals surface area (Å²) in [5.41, 5.74) is 5.92. The lowest BCUT2D eigenvalue weighted by Gasteiger charge is -2.03. The van der Waals surface area contributed by atoms with Crippen molar-refractivity contribution in [1.29, 1.82) is 0 Å². The van der Waals surface area contributed by atoms with E-state index in [4.69, 9.17) is 10.5 Å². The summed E-state index contributed by atoms with van der Waals surface area (Å²) < 4.78 is 5.87. The van der Waals surface area contributed by atoms with Crippen molar-refractivity contribution in [2.45, 2.75) is 6.92 Å². The number of rotatable bonds is 6. The van der Waals surface area contributed by atoms with Gasteiger partial charge in [0.05, 0.1) is 15.3 Å². The fourth-order valence-electron chi connectivity index (χ4n) is 1.07. The molecule has 0 atom stereocenters. The largest absolute Gasteiger partial charge is 0.370 e. The van der Waals surface area contributed by atoms with Crippen molar-refractivity contribution in [3.63, 3.8) is 0 Å². The van der Waals surface area contributed by atoms with Crippen LogP contribution in [0, 0.1) is 6.92 Å². The molecule has 0 bridgehead atoms. The van der Waals surface area contributed by atoms with Crippen LogP contribution in [0.25, 0.3) is 0 Å². The quantitative estimate of drug-likeness (QED) is 0.769. The van der Waals surface area contributed by atoms with Crippen LogP contribution >= 0.6 is 27.3 Å². The number of carbonyl (C=O) groups is 2. The fourth-order valence-corrected chi connectivity index (χ4v) is 2.52. The van der Waals surface area contributed by atoms with Crippen molar-refractivity contribution in [2.75, 3.05) is 19.8 Å². The Morgan fingerprint density at radius 1 is 1.59 bits per heavy atom. The summed E-state index contributed by atoms with van der Waals surface area (Å²) >= 11 is 4.74. The van der Waals surface area contributed by atoms with Gasteiger partial charge in [-0.25, -0.2) is 0 Å². The number of halogens is 1. The van der Waals surface area contributed by atoms with E-state index in [-0.39, 0.29) is 19.1 Å². The van der Waals surface area contributed by atoms with Crippen molar-refractivity contribution in [3.8, 4) is 0 Å². The van der Waals surface area contributed by atoms with Crippen LogP contribution in [-0.4, -0.2) is 31.6 Å². The Bertz CT molecular complexity index is 400. The van der Waals surface area contributed by atoms with Crippen molar-refractivity contribution >= 4 is 39.1 Å². The Balaban J connectivity index is 2.28. The van der Waals surface area contributed by atoms with Crippen LogP contribution in [0.15, 0.2) is 9.85 Å². The van der Waals surface area contributed by atoms with Gasteiger partial charge in [-0.2, -0.15) is 0 Å². The molecule has 0 aliphatic heterocycles. The first-order chi connectivity index (χ1) is 8.00. The molecule has 5 nitrogen and oxygen atoms in total. The molecule has 1 rings (SSSR count). The molecule has 0 unspecified atom stereocenters. The predicted molar refractivity (Wildman–Crippen MR) is 69.1 cm³/mol. The van der Waals surface area contributed by atoms with Crippen LogP contribution in [-0.2, 0) is 9.53 Å². The molecule has 7 heteroatoms. The Kier molecular flexibility index (Phi) is 5.60. The second-order valence-electron chi connectivity index (χ2n) is 3.34. The normalized spacial score (nSPS) is 10.2. The number of thiophene rings is 1. The highest BCUT2D eigenvalue weighted by Gasteiger charge is 2.10. The standard InChI is InChI=1S/C10H13BrN2O3S/c1-6-4-7(17-9(6)11)10(15)13-2-3-16-5-8(12)14/h4H,2-3,5H2,1H3,(H2,12,14)(H,13,15). The van der Waals surface area contributed by atoms with E-state index in [0.29, 0.717) is 11.4 Å². The topological polar surface area (TPSA) is 81.4 Å². The summed E-state index contributed by atoms with van der Waals surface area (Å²) in [6.07, 6.45) is 0. The number of hydrogen-bond donors (Lipinski definition) is 2. The van der Waals surface area contributed by atoms with Crippen molar-refractivity contribution in [3.05, 3.63) is 20.3 Å². The maximum absolute atomic E-state index is 11.6. The molecule has 2 amide bonds.